The molecule has 0 bridgehead atoms. The maximum absolute atomic E-state index is 5.58. The van der Waals surface area contributed by atoms with E-state index in [1.807, 2.05) is 13.0 Å². The summed E-state index contributed by atoms with van der Waals surface area (Å²) in [4.78, 5) is 8.29. The zero-order chi connectivity index (χ0) is 11.4. The molecule has 86 valence electrons. The highest BCUT2D eigenvalue weighted by Crippen LogP contribution is 2.00. The van der Waals surface area contributed by atoms with Crippen LogP contribution < -0.4 is 16.4 Å². The molecule has 6 heteroatoms. The fourth-order valence-corrected chi connectivity index (χ4v) is 1.45. The van der Waals surface area contributed by atoms with Crippen molar-refractivity contribution in [3.8, 4) is 0 Å². The van der Waals surface area contributed by atoms with Crippen LogP contribution in [0.3, 0.4) is 0 Å². The number of guanidine groups is 2. The number of hydrogen-bond acceptors (Lipinski definition) is 6. The molecule has 0 radical (unpaired) electrons. The molecule has 1 aromatic rings. The first-order valence-corrected chi connectivity index (χ1v) is 5.17. The molecule has 2 rings (SSSR count). The van der Waals surface area contributed by atoms with Gasteiger partial charge in [-0.25, -0.2) is 9.98 Å². The largest absolute Gasteiger partial charge is 0.472 e. The average Bonchev–Trinajstić information content (AvgIpc) is 2.69. The Kier molecular flexibility index (Phi) is 3.09. The van der Waals surface area contributed by atoms with Crippen LogP contribution >= 0.6 is 0 Å². The van der Waals surface area contributed by atoms with Crippen molar-refractivity contribution in [1.82, 2.24) is 10.6 Å². The first-order chi connectivity index (χ1) is 7.74. The Morgan fingerprint density at radius 1 is 1.56 bits per heavy atom. The number of aliphatic imine (C=N–C) groups is 2. The monoisotopic (exact) mass is 221 g/mol. The van der Waals surface area contributed by atoms with Gasteiger partial charge in [0.1, 0.15) is 6.17 Å². The molecular formula is C10H15N5O. The van der Waals surface area contributed by atoms with Crippen molar-refractivity contribution in [3.63, 3.8) is 0 Å². The lowest BCUT2D eigenvalue weighted by molar-refractivity contribution is 0.563. The Morgan fingerprint density at radius 2 is 2.44 bits per heavy atom. The van der Waals surface area contributed by atoms with Gasteiger partial charge in [-0.3, -0.25) is 5.32 Å². The lowest BCUT2D eigenvalue weighted by Gasteiger charge is -2.17. The molecule has 4 N–H and O–H groups in total. The van der Waals surface area contributed by atoms with Crippen LogP contribution in [0.15, 0.2) is 33.0 Å². The molecule has 1 aliphatic rings. The van der Waals surface area contributed by atoms with Gasteiger partial charge in [0, 0.05) is 6.54 Å². The van der Waals surface area contributed by atoms with E-state index >= 15 is 0 Å². The number of furan rings is 1. The van der Waals surface area contributed by atoms with Gasteiger partial charge in [-0.1, -0.05) is 0 Å². The molecule has 0 spiro atoms. The summed E-state index contributed by atoms with van der Waals surface area (Å²) in [5.74, 6) is 1.07. The molecule has 16 heavy (non-hydrogen) atoms. The van der Waals surface area contributed by atoms with E-state index in [0.717, 1.165) is 18.5 Å². The van der Waals surface area contributed by atoms with Crippen molar-refractivity contribution in [2.24, 2.45) is 15.7 Å². The molecule has 0 fully saturated rings. The van der Waals surface area contributed by atoms with Gasteiger partial charge in [0.2, 0.25) is 0 Å². The standard InChI is InChI=1S/C10H15N5O/c1-7-13-9(11)15-10(14-7)12-4-2-8-3-5-16-6-8/h3,5-7H,2,4H2,1H3,(H4,11,12,13,14,15)/t7-/m0/s1. The van der Waals surface area contributed by atoms with Crippen molar-refractivity contribution in [1.29, 1.82) is 0 Å². The third-order valence-corrected chi connectivity index (χ3v) is 2.17. The summed E-state index contributed by atoms with van der Waals surface area (Å²) in [6.07, 6.45) is 4.15. The van der Waals surface area contributed by atoms with E-state index in [1.54, 1.807) is 12.5 Å². The number of nitrogens with two attached hydrogens (primary N) is 1. The molecule has 0 saturated heterocycles. The van der Waals surface area contributed by atoms with E-state index < -0.39 is 0 Å². The third kappa shape index (κ3) is 2.75. The summed E-state index contributed by atoms with van der Waals surface area (Å²) in [5.41, 5.74) is 6.74. The molecule has 1 aliphatic heterocycles. The Hall–Kier alpha value is -1.98. The van der Waals surface area contributed by atoms with Crippen molar-refractivity contribution in [3.05, 3.63) is 24.2 Å². The minimum absolute atomic E-state index is 0.127. The summed E-state index contributed by atoms with van der Waals surface area (Å²) in [6, 6.07) is 1.94. The molecule has 1 atom stereocenters. The Labute approximate surface area is 93.6 Å². The number of nitrogens with zero attached hydrogens (tertiary/aromatic N) is 2. The highest BCUT2D eigenvalue weighted by molar-refractivity contribution is 5.99. The van der Waals surface area contributed by atoms with Gasteiger partial charge in [-0.05, 0) is 25.0 Å². The van der Waals surface area contributed by atoms with Crippen molar-refractivity contribution in [2.75, 3.05) is 6.54 Å². The fourth-order valence-electron chi connectivity index (χ4n) is 1.45. The lowest BCUT2D eigenvalue weighted by atomic mass is 10.2. The van der Waals surface area contributed by atoms with Gasteiger partial charge < -0.3 is 15.5 Å². The van der Waals surface area contributed by atoms with Gasteiger partial charge >= 0.3 is 0 Å². The molecule has 0 amide bonds. The topological polar surface area (TPSA) is 87.9 Å². The summed E-state index contributed by atoms with van der Waals surface area (Å²) in [5, 5.41) is 6.03. The highest BCUT2D eigenvalue weighted by atomic mass is 16.3. The van der Waals surface area contributed by atoms with Crippen LogP contribution in [0.4, 0.5) is 0 Å². The van der Waals surface area contributed by atoms with E-state index in [-0.39, 0.29) is 6.17 Å². The van der Waals surface area contributed by atoms with Crippen LogP contribution in [-0.2, 0) is 6.42 Å². The molecule has 0 aliphatic carbocycles. The summed E-state index contributed by atoms with van der Waals surface area (Å²) in [6.45, 7) is 2.65. The smallest absolute Gasteiger partial charge is 0.200 e. The van der Waals surface area contributed by atoms with E-state index in [1.165, 1.54) is 0 Å². The Balaban J connectivity index is 1.78. The first kappa shape index (κ1) is 10.5. The van der Waals surface area contributed by atoms with Gasteiger partial charge in [0.05, 0.1) is 12.5 Å². The second-order valence-electron chi connectivity index (χ2n) is 3.56. The highest BCUT2D eigenvalue weighted by Gasteiger charge is 2.09. The third-order valence-electron chi connectivity index (χ3n) is 2.17. The first-order valence-electron chi connectivity index (χ1n) is 5.17. The van der Waals surface area contributed by atoms with Crippen LogP contribution in [0.25, 0.3) is 0 Å². The van der Waals surface area contributed by atoms with Crippen LogP contribution in [0.1, 0.15) is 12.5 Å². The minimum atomic E-state index is -0.127. The normalized spacial score (nSPS) is 19.7. The number of nitrogens with one attached hydrogen (secondary N) is 2. The van der Waals surface area contributed by atoms with Crippen LogP contribution in [-0.4, -0.2) is 24.6 Å². The molecule has 2 heterocycles. The Bertz CT molecular complexity index is 395. The van der Waals surface area contributed by atoms with Crippen LogP contribution in [0.2, 0.25) is 0 Å². The van der Waals surface area contributed by atoms with Gasteiger partial charge in [-0.15, -0.1) is 0 Å². The van der Waals surface area contributed by atoms with Gasteiger partial charge in [0.15, 0.2) is 11.9 Å². The molecule has 0 unspecified atom stereocenters. The quantitative estimate of drug-likeness (QED) is 0.672. The predicted octanol–water partition coefficient (Wildman–Crippen LogP) is 0.0316. The lowest BCUT2D eigenvalue weighted by Crippen LogP contribution is -2.48. The second kappa shape index (κ2) is 4.69. The van der Waals surface area contributed by atoms with E-state index in [2.05, 4.69) is 20.6 Å². The van der Waals surface area contributed by atoms with Crippen molar-refractivity contribution >= 4 is 11.9 Å². The molecule has 0 aromatic carbocycles. The zero-order valence-corrected chi connectivity index (χ0v) is 9.10. The summed E-state index contributed by atoms with van der Waals surface area (Å²) < 4.78 is 4.98. The zero-order valence-electron chi connectivity index (χ0n) is 9.10. The number of rotatable bonds is 3. The molecule has 1 aromatic heterocycles. The average molecular weight is 221 g/mol. The maximum Gasteiger partial charge on any atom is 0.200 e. The van der Waals surface area contributed by atoms with Crippen LogP contribution in [0, 0.1) is 0 Å². The number of hydrogen-bond donors (Lipinski definition) is 3. The SMILES string of the molecule is C[C@H]1N=C(N)NC(NCCc2ccoc2)=N1. The molecular weight excluding hydrogens is 206 g/mol. The Morgan fingerprint density at radius 3 is 3.12 bits per heavy atom. The van der Waals surface area contributed by atoms with E-state index in [9.17, 15) is 0 Å². The van der Waals surface area contributed by atoms with Gasteiger partial charge in [-0.2, -0.15) is 0 Å². The maximum atomic E-state index is 5.58. The summed E-state index contributed by atoms with van der Waals surface area (Å²) in [7, 11) is 0. The fraction of sp³-hybridized carbons (Fsp3) is 0.400. The van der Waals surface area contributed by atoms with E-state index in [4.69, 9.17) is 10.2 Å². The minimum Gasteiger partial charge on any atom is -0.472 e. The molecule has 6 nitrogen and oxygen atoms in total. The van der Waals surface area contributed by atoms with Crippen LogP contribution in [0.5, 0.6) is 0 Å². The van der Waals surface area contributed by atoms with Crippen molar-refractivity contribution in [2.45, 2.75) is 19.5 Å². The van der Waals surface area contributed by atoms with Gasteiger partial charge in [0.25, 0.3) is 0 Å². The second-order valence-corrected chi connectivity index (χ2v) is 3.56. The molecule has 0 saturated carbocycles. The van der Waals surface area contributed by atoms with E-state index in [0.29, 0.717) is 11.9 Å². The van der Waals surface area contributed by atoms with Crippen molar-refractivity contribution < 1.29 is 4.42 Å². The predicted molar refractivity (Wildman–Crippen MR) is 62.1 cm³/mol. The summed E-state index contributed by atoms with van der Waals surface area (Å²) >= 11 is 0.